The highest BCUT2D eigenvalue weighted by molar-refractivity contribution is 5.57. The molecule has 1 aromatic heterocycles. The number of rotatable bonds is 3. The van der Waals surface area contributed by atoms with Crippen LogP contribution in [0.15, 0.2) is 18.2 Å². The summed E-state index contributed by atoms with van der Waals surface area (Å²) in [5, 5.41) is 6.86. The van der Waals surface area contributed by atoms with Crippen molar-refractivity contribution in [3.8, 4) is 17.1 Å². The van der Waals surface area contributed by atoms with E-state index in [1.165, 1.54) is 13.2 Å². The number of methoxy groups -OCH3 is 1. The van der Waals surface area contributed by atoms with Crippen LogP contribution in [0.2, 0.25) is 0 Å². The Morgan fingerprint density at radius 2 is 2.25 bits per heavy atom. The van der Waals surface area contributed by atoms with E-state index in [-0.39, 0.29) is 5.75 Å². The number of aromatic nitrogens is 3. The highest BCUT2D eigenvalue weighted by Gasteiger charge is 2.08. The summed E-state index contributed by atoms with van der Waals surface area (Å²) >= 11 is 0. The predicted molar refractivity (Wildman–Crippen MR) is 57.7 cm³/mol. The van der Waals surface area contributed by atoms with Crippen LogP contribution in [0.5, 0.6) is 5.75 Å². The first-order valence-electron chi connectivity index (χ1n) is 4.99. The van der Waals surface area contributed by atoms with E-state index in [1.54, 1.807) is 12.1 Å². The second kappa shape index (κ2) is 4.30. The molecule has 0 aliphatic heterocycles. The van der Waals surface area contributed by atoms with Gasteiger partial charge in [-0.2, -0.15) is 5.10 Å². The number of H-pyrrole nitrogens is 1. The van der Waals surface area contributed by atoms with Gasteiger partial charge in [0.15, 0.2) is 17.4 Å². The van der Waals surface area contributed by atoms with Gasteiger partial charge in [0, 0.05) is 12.0 Å². The second-order valence-electron chi connectivity index (χ2n) is 3.31. The van der Waals surface area contributed by atoms with Gasteiger partial charge in [-0.1, -0.05) is 6.92 Å². The van der Waals surface area contributed by atoms with Gasteiger partial charge in [0.25, 0.3) is 0 Å². The lowest BCUT2D eigenvalue weighted by Crippen LogP contribution is -1.89. The normalized spacial score (nSPS) is 10.4. The number of hydrogen-bond donors (Lipinski definition) is 1. The van der Waals surface area contributed by atoms with Crippen LogP contribution >= 0.6 is 0 Å². The van der Waals surface area contributed by atoms with Crippen molar-refractivity contribution < 1.29 is 9.13 Å². The third-order valence-electron chi connectivity index (χ3n) is 2.28. The van der Waals surface area contributed by atoms with Crippen molar-refractivity contribution in [2.45, 2.75) is 13.3 Å². The number of ether oxygens (including phenoxy) is 1. The standard InChI is InChI=1S/C11H12FN3O/c1-3-10-13-11(15-14-10)7-4-5-8(12)9(6-7)16-2/h4-6H,3H2,1-2H3,(H,13,14,15). The van der Waals surface area contributed by atoms with Crippen LogP contribution in [0.25, 0.3) is 11.4 Å². The fourth-order valence-corrected chi connectivity index (χ4v) is 1.38. The molecule has 0 radical (unpaired) electrons. The Kier molecular flexibility index (Phi) is 2.85. The molecule has 0 unspecified atom stereocenters. The lowest BCUT2D eigenvalue weighted by atomic mass is 10.2. The molecule has 0 atom stereocenters. The van der Waals surface area contributed by atoms with Crippen LogP contribution in [0.3, 0.4) is 0 Å². The lowest BCUT2D eigenvalue weighted by Gasteiger charge is -2.02. The van der Waals surface area contributed by atoms with E-state index in [1.807, 2.05) is 6.92 Å². The van der Waals surface area contributed by atoms with E-state index in [9.17, 15) is 4.39 Å². The van der Waals surface area contributed by atoms with Gasteiger partial charge in [-0.3, -0.25) is 5.10 Å². The molecule has 0 aliphatic rings. The first-order valence-corrected chi connectivity index (χ1v) is 4.99. The Balaban J connectivity index is 2.40. The molecule has 0 saturated carbocycles. The molecule has 1 heterocycles. The van der Waals surface area contributed by atoms with Gasteiger partial charge >= 0.3 is 0 Å². The number of benzene rings is 1. The molecule has 5 heteroatoms. The number of aryl methyl sites for hydroxylation is 1. The topological polar surface area (TPSA) is 50.8 Å². The molecule has 0 saturated heterocycles. The van der Waals surface area contributed by atoms with E-state index < -0.39 is 5.82 Å². The molecule has 1 N–H and O–H groups in total. The molecule has 0 bridgehead atoms. The highest BCUT2D eigenvalue weighted by Crippen LogP contribution is 2.23. The molecule has 0 amide bonds. The third kappa shape index (κ3) is 1.88. The first kappa shape index (κ1) is 10.6. The van der Waals surface area contributed by atoms with Crippen molar-refractivity contribution in [3.63, 3.8) is 0 Å². The van der Waals surface area contributed by atoms with Crippen LogP contribution in [0.1, 0.15) is 12.7 Å². The Morgan fingerprint density at radius 3 is 2.88 bits per heavy atom. The fraction of sp³-hybridized carbons (Fsp3) is 0.273. The van der Waals surface area contributed by atoms with Crippen molar-refractivity contribution in [2.75, 3.05) is 7.11 Å². The van der Waals surface area contributed by atoms with Gasteiger partial charge in [0.05, 0.1) is 7.11 Å². The number of nitrogens with zero attached hydrogens (tertiary/aromatic N) is 2. The van der Waals surface area contributed by atoms with Gasteiger partial charge in [0.2, 0.25) is 0 Å². The minimum absolute atomic E-state index is 0.195. The summed E-state index contributed by atoms with van der Waals surface area (Å²) in [6, 6.07) is 4.55. The summed E-state index contributed by atoms with van der Waals surface area (Å²) in [6.07, 6.45) is 0.783. The predicted octanol–water partition coefficient (Wildman–Crippen LogP) is 2.18. The summed E-state index contributed by atoms with van der Waals surface area (Å²) in [4.78, 5) is 4.26. The Bertz CT molecular complexity index is 496. The van der Waals surface area contributed by atoms with E-state index in [0.29, 0.717) is 5.82 Å². The summed E-state index contributed by atoms with van der Waals surface area (Å²) in [5.74, 6) is 1.16. The van der Waals surface area contributed by atoms with E-state index in [4.69, 9.17) is 4.74 Å². The van der Waals surface area contributed by atoms with Crippen LogP contribution in [-0.4, -0.2) is 22.3 Å². The van der Waals surface area contributed by atoms with Crippen LogP contribution in [0, 0.1) is 5.82 Å². The lowest BCUT2D eigenvalue weighted by molar-refractivity contribution is 0.387. The molecule has 4 nitrogen and oxygen atoms in total. The fourth-order valence-electron chi connectivity index (χ4n) is 1.38. The van der Waals surface area contributed by atoms with Crippen molar-refractivity contribution in [2.24, 2.45) is 0 Å². The van der Waals surface area contributed by atoms with Crippen LogP contribution in [-0.2, 0) is 6.42 Å². The molecule has 0 aliphatic carbocycles. The third-order valence-corrected chi connectivity index (χ3v) is 2.28. The summed E-state index contributed by atoms with van der Waals surface area (Å²) in [7, 11) is 1.43. The summed E-state index contributed by atoms with van der Waals surface area (Å²) < 4.78 is 18.1. The maximum atomic E-state index is 13.2. The minimum atomic E-state index is -0.391. The minimum Gasteiger partial charge on any atom is -0.494 e. The zero-order chi connectivity index (χ0) is 11.5. The summed E-state index contributed by atoms with van der Waals surface area (Å²) in [6.45, 7) is 1.98. The molecule has 0 spiro atoms. The monoisotopic (exact) mass is 221 g/mol. The SMILES string of the molecule is CCc1nc(-c2ccc(F)c(OC)c2)n[nH]1. The van der Waals surface area contributed by atoms with E-state index in [0.717, 1.165) is 17.8 Å². The first-order chi connectivity index (χ1) is 7.74. The molecule has 0 fully saturated rings. The number of nitrogens with one attached hydrogen (secondary N) is 1. The maximum Gasteiger partial charge on any atom is 0.181 e. The van der Waals surface area contributed by atoms with Crippen molar-refractivity contribution in [1.29, 1.82) is 0 Å². The van der Waals surface area contributed by atoms with E-state index >= 15 is 0 Å². The molecular formula is C11H12FN3O. The highest BCUT2D eigenvalue weighted by atomic mass is 19.1. The van der Waals surface area contributed by atoms with Crippen molar-refractivity contribution in [3.05, 3.63) is 29.8 Å². The zero-order valence-electron chi connectivity index (χ0n) is 9.12. The molecular weight excluding hydrogens is 209 g/mol. The molecule has 1 aromatic carbocycles. The Labute approximate surface area is 92.5 Å². The largest absolute Gasteiger partial charge is 0.494 e. The number of halogens is 1. The van der Waals surface area contributed by atoms with Gasteiger partial charge in [-0.05, 0) is 18.2 Å². The zero-order valence-corrected chi connectivity index (χ0v) is 9.12. The van der Waals surface area contributed by atoms with Gasteiger partial charge in [0.1, 0.15) is 5.82 Å². The quantitative estimate of drug-likeness (QED) is 0.864. The maximum absolute atomic E-state index is 13.2. The Morgan fingerprint density at radius 1 is 1.44 bits per heavy atom. The van der Waals surface area contributed by atoms with Crippen molar-refractivity contribution in [1.82, 2.24) is 15.2 Å². The summed E-state index contributed by atoms with van der Waals surface area (Å²) in [5.41, 5.74) is 0.731. The van der Waals surface area contributed by atoms with Gasteiger partial charge < -0.3 is 4.74 Å². The second-order valence-corrected chi connectivity index (χ2v) is 3.31. The van der Waals surface area contributed by atoms with Crippen molar-refractivity contribution >= 4 is 0 Å². The van der Waals surface area contributed by atoms with Gasteiger partial charge in [-0.15, -0.1) is 0 Å². The van der Waals surface area contributed by atoms with Crippen LogP contribution in [0.4, 0.5) is 4.39 Å². The smallest absolute Gasteiger partial charge is 0.181 e. The molecule has 84 valence electrons. The molecule has 2 aromatic rings. The average Bonchev–Trinajstić information content (AvgIpc) is 2.78. The molecule has 16 heavy (non-hydrogen) atoms. The number of hydrogen-bond acceptors (Lipinski definition) is 3. The number of aromatic amines is 1. The van der Waals surface area contributed by atoms with E-state index in [2.05, 4.69) is 15.2 Å². The molecule has 2 rings (SSSR count). The van der Waals surface area contributed by atoms with Gasteiger partial charge in [-0.25, -0.2) is 9.37 Å². The van der Waals surface area contributed by atoms with Crippen LogP contribution < -0.4 is 4.74 Å². The Hall–Kier alpha value is -1.91. The average molecular weight is 221 g/mol.